The van der Waals surface area contributed by atoms with Crippen LogP contribution in [-0.2, 0) is 0 Å². The van der Waals surface area contributed by atoms with Gasteiger partial charge in [0.1, 0.15) is 0 Å². The summed E-state index contributed by atoms with van der Waals surface area (Å²) in [6, 6.07) is 69.0. The predicted octanol–water partition coefficient (Wildman–Crippen LogP) is 13.9. The van der Waals surface area contributed by atoms with E-state index in [0.717, 1.165) is 22.3 Å². The molecule has 0 bridgehead atoms. The number of rotatable bonds is 4. The highest BCUT2D eigenvalue weighted by Gasteiger charge is 2.15. The number of nitriles is 2. The van der Waals surface area contributed by atoms with E-state index in [9.17, 15) is 10.5 Å². The van der Waals surface area contributed by atoms with Crippen molar-refractivity contribution in [3.8, 4) is 56.6 Å². The van der Waals surface area contributed by atoms with Crippen molar-refractivity contribution in [1.29, 1.82) is 10.5 Å². The molecule has 0 amide bonds. The van der Waals surface area contributed by atoms with E-state index >= 15 is 0 Å². The Labute approximate surface area is 313 Å². The predicted molar refractivity (Wildman–Crippen MR) is 225 cm³/mol. The van der Waals surface area contributed by atoms with Crippen LogP contribution in [0.15, 0.2) is 182 Å². The summed E-state index contributed by atoms with van der Waals surface area (Å²) in [5.74, 6) is 0. The minimum atomic E-state index is 0.665. The Kier molecular flexibility index (Phi) is 7.29. The van der Waals surface area contributed by atoms with Gasteiger partial charge in [0, 0.05) is 0 Å². The van der Waals surface area contributed by atoms with Crippen molar-refractivity contribution in [3.05, 3.63) is 193 Å². The molecule has 248 valence electrons. The molecule has 0 atom stereocenters. The van der Waals surface area contributed by atoms with Gasteiger partial charge in [0.05, 0.1) is 23.3 Å². The van der Waals surface area contributed by atoms with Crippen molar-refractivity contribution in [2.45, 2.75) is 0 Å². The minimum absolute atomic E-state index is 0.665. The highest BCUT2D eigenvalue weighted by atomic mass is 14.2. The molecule has 2 nitrogen and oxygen atoms in total. The minimum Gasteiger partial charge on any atom is -0.192 e. The number of hydrogen-bond donors (Lipinski definition) is 0. The second-order valence-electron chi connectivity index (χ2n) is 14.0. The van der Waals surface area contributed by atoms with Crippen molar-refractivity contribution >= 4 is 53.9 Å². The fourth-order valence-electron chi connectivity index (χ4n) is 8.15. The normalized spacial score (nSPS) is 11.3. The number of hydrogen-bond acceptors (Lipinski definition) is 2. The lowest BCUT2D eigenvalue weighted by Crippen LogP contribution is -1.89. The van der Waals surface area contributed by atoms with Gasteiger partial charge in [0.25, 0.3) is 0 Å². The fourth-order valence-corrected chi connectivity index (χ4v) is 8.15. The molecule has 10 aromatic carbocycles. The largest absolute Gasteiger partial charge is 0.192 e. The number of benzene rings is 10. The Morgan fingerprint density at radius 2 is 0.611 bits per heavy atom. The van der Waals surface area contributed by atoms with Gasteiger partial charge in [-0.2, -0.15) is 10.5 Å². The SMILES string of the molecule is N#Cc1cccc(-c2ccc3cc(-c4cc5c6ccccc6c(-c6ccc7cc(-c8cccc(C#N)c8)ccc7c6)cc5c5ccccc45)ccc3c2)c1. The van der Waals surface area contributed by atoms with E-state index in [2.05, 4.69) is 158 Å². The third-order valence-electron chi connectivity index (χ3n) is 10.8. The summed E-state index contributed by atoms with van der Waals surface area (Å²) in [5.41, 5.74) is 10.4. The van der Waals surface area contributed by atoms with E-state index in [0.29, 0.717) is 11.1 Å². The van der Waals surface area contributed by atoms with E-state index in [-0.39, 0.29) is 0 Å². The van der Waals surface area contributed by atoms with E-state index < -0.39 is 0 Å². The van der Waals surface area contributed by atoms with Gasteiger partial charge < -0.3 is 0 Å². The van der Waals surface area contributed by atoms with Crippen LogP contribution in [0.5, 0.6) is 0 Å². The van der Waals surface area contributed by atoms with Gasteiger partial charge in [-0.1, -0.05) is 121 Å². The van der Waals surface area contributed by atoms with Gasteiger partial charge in [0.15, 0.2) is 0 Å². The van der Waals surface area contributed by atoms with Crippen molar-refractivity contribution < 1.29 is 0 Å². The van der Waals surface area contributed by atoms with Crippen LogP contribution < -0.4 is 0 Å². The summed E-state index contributed by atoms with van der Waals surface area (Å²) in [6.07, 6.45) is 0. The lowest BCUT2D eigenvalue weighted by Gasteiger charge is -2.17. The molecule has 0 aliphatic carbocycles. The van der Waals surface area contributed by atoms with Crippen molar-refractivity contribution in [2.24, 2.45) is 0 Å². The maximum Gasteiger partial charge on any atom is 0.0991 e. The van der Waals surface area contributed by atoms with E-state index in [1.54, 1.807) is 0 Å². The first-order chi connectivity index (χ1) is 26.6. The molecular weight excluding hydrogens is 653 g/mol. The number of fused-ring (bicyclic) bond motifs is 7. The zero-order chi connectivity index (χ0) is 36.2. The Morgan fingerprint density at radius 1 is 0.259 bits per heavy atom. The van der Waals surface area contributed by atoms with E-state index in [1.807, 2.05) is 36.4 Å². The summed E-state index contributed by atoms with van der Waals surface area (Å²) < 4.78 is 0. The average Bonchev–Trinajstić information content (AvgIpc) is 3.25. The molecule has 0 saturated heterocycles. The molecule has 0 aromatic heterocycles. The van der Waals surface area contributed by atoms with Gasteiger partial charge in [-0.3, -0.25) is 0 Å². The molecule has 10 aromatic rings. The third-order valence-corrected chi connectivity index (χ3v) is 10.8. The second kappa shape index (κ2) is 12.6. The Balaban J connectivity index is 1.11. The summed E-state index contributed by atoms with van der Waals surface area (Å²) in [5, 5.41) is 30.9. The molecule has 2 heteroatoms. The maximum absolute atomic E-state index is 9.41. The molecular formula is C52H30N2. The molecule has 54 heavy (non-hydrogen) atoms. The van der Waals surface area contributed by atoms with Crippen LogP contribution in [0.2, 0.25) is 0 Å². The monoisotopic (exact) mass is 682 g/mol. The summed E-state index contributed by atoms with van der Waals surface area (Å²) in [4.78, 5) is 0. The third kappa shape index (κ3) is 5.26. The van der Waals surface area contributed by atoms with Crippen LogP contribution in [0.25, 0.3) is 98.4 Å². The quantitative estimate of drug-likeness (QED) is 0.173. The summed E-state index contributed by atoms with van der Waals surface area (Å²) >= 11 is 0. The van der Waals surface area contributed by atoms with Crippen LogP contribution in [0.3, 0.4) is 0 Å². The topological polar surface area (TPSA) is 47.6 Å². The zero-order valence-corrected chi connectivity index (χ0v) is 29.2. The lowest BCUT2D eigenvalue weighted by molar-refractivity contribution is 1.48. The molecule has 0 N–H and O–H groups in total. The molecule has 0 radical (unpaired) electrons. The van der Waals surface area contributed by atoms with Crippen LogP contribution in [-0.4, -0.2) is 0 Å². The van der Waals surface area contributed by atoms with Gasteiger partial charge in [-0.05, 0) is 159 Å². The Hall–Kier alpha value is -7.52. The fraction of sp³-hybridized carbons (Fsp3) is 0. The highest BCUT2D eigenvalue weighted by molar-refractivity contribution is 6.24. The molecule has 0 saturated carbocycles. The number of nitrogens with zero attached hydrogens (tertiary/aromatic N) is 2. The smallest absolute Gasteiger partial charge is 0.0991 e. The van der Waals surface area contributed by atoms with Crippen LogP contribution in [0.1, 0.15) is 11.1 Å². The average molecular weight is 683 g/mol. The van der Waals surface area contributed by atoms with Gasteiger partial charge in [-0.25, -0.2) is 0 Å². The lowest BCUT2D eigenvalue weighted by atomic mass is 9.87. The van der Waals surface area contributed by atoms with Crippen LogP contribution >= 0.6 is 0 Å². The maximum atomic E-state index is 9.41. The first-order valence-electron chi connectivity index (χ1n) is 18.1. The molecule has 0 heterocycles. The Bertz CT molecular complexity index is 3030. The first-order valence-corrected chi connectivity index (χ1v) is 18.1. The van der Waals surface area contributed by atoms with Crippen molar-refractivity contribution in [3.63, 3.8) is 0 Å². The molecule has 0 unspecified atom stereocenters. The standard InChI is InChI=1S/C52H30N2/c53-31-33-7-5-9-35(23-33)37-15-17-41-27-43(21-19-39(41)25-37)49-29-52-48-14-4-2-12-46(48)50(30-51(52)47-13-3-1-11-45(47)49)44-22-20-40-26-38(16-18-42(40)28-44)36-10-6-8-34(24-36)32-54/h1-30H. The van der Waals surface area contributed by atoms with Gasteiger partial charge in [-0.15, -0.1) is 0 Å². The van der Waals surface area contributed by atoms with E-state index in [1.165, 1.54) is 76.1 Å². The van der Waals surface area contributed by atoms with E-state index in [4.69, 9.17) is 0 Å². The second-order valence-corrected chi connectivity index (χ2v) is 14.0. The summed E-state index contributed by atoms with van der Waals surface area (Å²) in [6.45, 7) is 0. The summed E-state index contributed by atoms with van der Waals surface area (Å²) in [7, 11) is 0. The van der Waals surface area contributed by atoms with Crippen molar-refractivity contribution in [1.82, 2.24) is 0 Å². The van der Waals surface area contributed by atoms with Gasteiger partial charge >= 0.3 is 0 Å². The zero-order valence-electron chi connectivity index (χ0n) is 29.2. The molecule has 0 aliphatic heterocycles. The molecule has 0 aliphatic rings. The van der Waals surface area contributed by atoms with Crippen molar-refractivity contribution in [2.75, 3.05) is 0 Å². The highest BCUT2D eigenvalue weighted by Crippen LogP contribution is 2.43. The Morgan fingerprint density at radius 3 is 1.02 bits per heavy atom. The van der Waals surface area contributed by atoms with Crippen LogP contribution in [0, 0.1) is 22.7 Å². The first kappa shape index (κ1) is 31.2. The van der Waals surface area contributed by atoms with Crippen LogP contribution in [0.4, 0.5) is 0 Å². The molecule has 0 spiro atoms. The van der Waals surface area contributed by atoms with Gasteiger partial charge in [0.2, 0.25) is 0 Å². The molecule has 0 fully saturated rings. The molecule has 10 rings (SSSR count).